The van der Waals surface area contributed by atoms with Gasteiger partial charge in [0.2, 0.25) is 0 Å². The van der Waals surface area contributed by atoms with Crippen LogP contribution >= 0.6 is 12.4 Å². The molecule has 3 aromatic rings. The number of imidazole rings is 1. The maximum absolute atomic E-state index is 14.4. The van der Waals surface area contributed by atoms with Gasteiger partial charge in [0, 0.05) is 42.6 Å². The summed E-state index contributed by atoms with van der Waals surface area (Å²) in [5.41, 5.74) is 2.71. The number of hydrogen-bond donors (Lipinski definition) is 0. The van der Waals surface area contributed by atoms with Gasteiger partial charge < -0.3 is 18.6 Å². The second kappa shape index (κ2) is 10.0. The Morgan fingerprint density at radius 1 is 1.19 bits per heavy atom. The summed E-state index contributed by atoms with van der Waals surface area (Å²) in [6, 6.07) is 12.6. The van der Waals surface area contributed by atoms with Crippen molar-refractivity contribution in [1.82, 2.24) is 9.55 Å². The largest absolute Gasteiger partial charge is 0.616 e. The van der Waals surface area contributed by atoms with Gasteiger partial charge in [-0.3, -0.25) is 0 Å². The van der Waals surface area contributed by atoms with Crippen LogP contribution in [0.1, 0.15) is 29.8 Å². The third-order valence-corrected chi connectivity index (χ3v) is 7.44. The molecule has 1 unspecified atom stereocenters. The summed E-state index contributed by atoms with van der Waals surface area (Å²) in [4.78, 5) is 4.24. The lowest BCUT2D eigenvalue weighted by atomic mass is 9.90. The molecule has 0 bridgehead atoms. The summed E-state index contributed by atoms with van der Waals surface area (Å²) in [7, 11) is 0. The molecule has 5 nitrogen and oxygen atoms in total. The minimum absolute atomic E-state index is 0. The van der Waals surface area contributed by atoms with Gasteiger partial charge in [-0.05, 0) is 47.9 Å². The van der Waals surface area contributed by atoms with E-state index >= 15 is 0 Å². The predicted molar refractivity (Wildman–Crippen MR) is 122 cm³/mol. The second-order valence-electron chi connectivity index (χ2n) is 7.54. The van der Waals surface area contributed by atoms with Crippen molar-refractivity contribution in [3.8, 4) is 11.4 Å². The van der Waals surface area contributed by atoms with E-state index in [2.05, 4.69) is 4.98 Å². The van der Waals surface area contributed by atoms with Crippen molar-refractivity contribution >= 4 is 23.6 Å². The number of aromatic nitrogens is 2. The number of hydrogen-bond acceptors (Lipinski definition) is 4. The summed E-state index contributed by atoms with van der Waals surface area (Å²) in [5.74, 6) is 0.974. The first kappa shape index (κ1) is 23.6. The van der Waals surface area contributed by atoms with Gasteiger partial charge in [0.1, 0.15) is 24.0 Å². The van der Waals surface area contributed by atoms with E-state index < -0.39 is 15.9 Å². The van der Waals surface area contributed by atoms with Crippen LogP contribution in [0.25, 0.3) is 5.69 Å². The molecule has 0 N–H and O–H groups in total. The molecule has 1 aromatic heterocycles. The Morgan fingerprint density at radius 2 is 1.90 bits per heavy atom. The van der Waals surface area contributed by atoms with Crippen LogP contribution in [0.4, 0.5) is 4.39 Å². The minimum atomic E-state index is -1.15. The Kier molecular flexibility index (Phi) is 7.64. The van der Waals surface area contributed by atoms with Gasteiger partial charge >= 0.3 is 0 Å². The molecule has 31 heavy (non-hydrogen) atoms. The summed E-state index contributed by atoms with van der Waals surface area (Å²) in [6.07, 6.45) is 6.57. The SMILES string of the molecule is Cc1nccn1-c1ccc(COc2cc(F)cc(C3([S+](C)[O-])CCOCC3)c2)cc1.Cl. The van der Waals surface area contributed by atoms with Gasteiger partial charge in [-0.25, -0.2) is 9.37 Å². The molecule has 2 aromatic carbocycles. The van der Waals surface area contributed by atoms with Crippen LogP contribution in [0.15, 0.2) is 54.9 Å². The Labute approximate surface area is 191 Å². The zero-order valence-electron chi connectivity index (χ0n) is 17.5. The van der Waals surface area contributed by atoms with Crippen LogP contribution in [0.3, 0.4) is 0 Å². The third-order valence-electron chi connectivity index (χ3n) is 5.69. The van der Waals surface area contributed by atoms with E-state index in [0.29, 0.717) is 44.0 Å². The van der Waals surface area contributed by atoms with Crippen molar-refractivity contribution in [2.75, 3.05) is 19.5 Å². The van der Waals surface area contributed by atoms with Gasteiger partial charge in [-0.1, -0.05) is 12.1 Å². The maximum atomic E-state index is 14.4. The lowest BCUT2D eigenvalue weighted by molar-refractivity contribution is 0.0740. The van der Waals surface area contributed by atoms with Crippen LogP contribution in [0.5, 0.6) is 5.75 Å². The Balaban J connectivity index is 0.00000272. The monoisotopic (exact) mass is 464 g/mol. The molecular weight excluding hydrogens is 439 g/mol. The van der Waals surface area contributed by atoms with Crippen LogP contribution in [0, 0.1) is 12.7 Å². The highest BCUT2D eigenvalue weighted by Gasteiger charge is 2.44. The molecule has 1 fully saturated rings. The normalized spacial score (nSPS) is 16.4. The van der Waals surface area contributed by atoms with E-state index in [4.69, 9.17) is 9.47 Å². The van der Waals surface area contributed by atoms with E-state index in [9.17, 15) is 8.94 Å². The first-order valence-corrected chi connectivity index (χ1v) is 11.5. The fourth-order valence-corrected chi connectivity index (χ4v) is 5.11. The van der Waals surface area contributed by atoms with E-state index in [0.717, 1.165) is 17.1 Å². The lowest BCUT2D eigenvalue weighted by Gasteiger charge is -2.37. The van der Waals surface area contributed by atoms with Gasteiger partial charge in [-0.15, -0.1) is 12.4 Å². The van der Waals surface area contributed by atoms with Gasteiger partial charge in [0.25, 0.3) is 0 Å². The summed E-state index contributed by atoms with van der Waals surface area (Å²) < 4.78 is 39.7. The van der Waals surface area contributed by atoms with Crippen LogP contribution < -0.4 is 4.74 Å². The van der Waals surface area contributed by atoms with Gasteiger partial charge in [0.05, 0.1) is 19.5 Å². The van der Waals surface area contributed by atoms with Crippen molar-refractivity contribution in [2.45, 2.75) is 31.1 Å². The molecular formula is C23H26ClFN2O3S. The molecule has 0 amide bonds. The Hall–Kier alpha value is -2.06. The van der Waals surface area contributed by atoms with Crippen molar-refractivity contribution in [2.24, 2.45) is 0 Å². The summed E-state index contributed by atoms with van der Waals surface area (Å²) in [6.45, 7) is 3.31. The highest BCUT2D eigenvalue weighted by Crippen LogP contribution is 2.41. The number of ether oxygens (including phenoxy) is 2. The topological polar surface area (TPSA) is 59.3 Å². The van der Waals surface area contributed by atoms with Crippen molar-refractivity contribution in [3.63, 3.8) is 0 Å². The van der Waals surface area contributed by atoms with Crippen molar-refractivity contribution in [1.29, 1.82) is 0 Å². The predicted octanol–water partition coefficient (Wildman–Crippen LogP) is 4.70. The number of rotatable bonds is 6. The molecule has 0 spiro atoms. The maximum Gasteiger partial charge on any atom is 0.154 e. The Bertz CT molecular complexity index is 1000. The van der Waals surface area contributed by atoms with E-state index in [-0.39, 0.29) is 18.2 Å². The van der Waals surface area contributed by atoms with Gasteiger partial charge in [-0.2, -0.15) is 0 Å². The Morgan fingerprint density at radius 3 is 2.52 bits per heavy atom. The molecule has 0 radical (unpaired) electrons. The number of nitrogens with zero attached hydrogens (tertiary/aromatic N) is 2. The third kappa shape index (κ3) is 5.06. The molecule has 0 saturated carbocycles. The fraction of sp³-hybridized carbons (Fsp3) is 0.348. The van der Waals surface area contributed by atoms with Crippen LogP contribution in [0.2, 0.25) is 0 Å². The highest BCUT2D eigenvalue weighted by molar-refractivity contribution is 7.91. The summed E-state index contributed by atoms with van der Waals surface area (Å²) >= 11 is -1.15. The first-order chi connectivity index (χ1) is 14.5. The number of aryl methyl sites for hydroxylation is 1. The highest BCUT2D eigenvalue weighted by atomic mass is 35.5. The second-order valence-corrected chi connectivity index (χ2v) is 9.23. The quantitative estimate of drug-likeness (QED) is 0.496. The standard InChI is InChI=1S/C23H25FN2O3S.ClH/c1-17-25-9-10-26(17)21-5-3-18(4-6-21)16-29-22-14-19(13-20(24)15-22)23(30(2)27)7-11-28-12-8-23;/h3-6,9-10,13-15H,7-8,11-12,16H2,1-2H3;1H. The number of benzene rings is 2. The molecule has 1 aliphatic heterocycles. The van der Waals surface area contributed by atoms with Crippen LogP contribution in [-0.2, 0) is 27.3 Å². The molecule has 2 heterocycles. The first-order valence-electron chi connectivity index (χ1n) is 9.92. The zero-order valence-corrected chi connectivity index (χ0v) is 19.2. The fourth-order valence-electron chi connectivity index (χ4n) is 3.92. The van der Waals surface area contributed by atoms with Crippen molar-refractivity contribution in [3.05, 3.63) is 77.6 Å². The molecule has 1 aliphatic rings. The molecule has 166 valence electrons. The van der Waals surface area contributed by atoms with E-state index in [1.165, 1.54) is 12.1 Å². The molecule has 4 rings (SSSR count). The average Bonchev–Trinajstić information content (AvgIpc) is 3.18. The summed E-state index contributed by atoms with van der Waals surface area (Å²) in [5, 5.41) is 0. The van der Waals surface area contributed by atoms with E-state index in [1.54, 1.807) is 12.5 Å². The zero-order chi connectivity index (χ0) is 21.1. The smallest absolute Gasteiger partial charge is 0.154 e. The molecule has 0 aliphatic carbocycles. The minimum Gasteiger partial charge on any atom is -0.616 e. The molecule has 1 atom stereocenters. The van der Waals surface area contributed by atoms with Gasteiger partial charge in [0.15, 0.2) is 4.75 Å². The average molecular weight is 465 g/mol. The molecule has 8 heteroatoms. The lowest BCUT2D eigenvalue weighted by Crippen LogP contribution is -2.40. The van der Waals surface area contributed by atoms with Crippen LogP contribution in [-0.4, -0.2) is 33.6 Å². The van der Waals surface area contributed by atoms with Crippen molar-refractivity contribution < 1.29 is 18.4 Å². The number of halogens is 2. The van der Waals surface area contributed by atoms with E-state index in [1.807, 2.05) is 48.0 Å². The molecule has 1 saturated heterocycles.